The summed E-state index contributed by atoms with van der Waals surface area (Å²) in [6.45, 7) is 3.01. The first-order chi connectivity index (χ1) is 8.86. The van der Waals surface area contributed by atoms with Crippen LogP contribution in [0, 0.1) is 5.82 Å². The number of halogens is 1. The topological polar surface area (TPSA) is 66.8 Å². The lowest BCUT2D eigenvalue weighted by Gasteiger charge is -2.25. The predicted octanol–water partition coefficient (Wildman–Crippen LogP) is 1.77. The van der Waals surface area contributed by atoms with E-state index in [0.29, 0.717) is 0 Å². The summed E-state index contributed by atoms with van der Waals surface area (Å²) in [6, 6.07) is 3.40. The molecule has 0 aliphatic carbocycles. The molecule has 0 aliphatic rings. The van der Waals surface area contributed by atoms with Crippen LogP contribution in [0.15, 0.2) is 18.2 Å². The van der Waals surface area contributed by atoms with Gasteiger partial charge in [-0.3, -0.25) is 9.59 Å². The molecule has 0 saturated heterocycles. The first-order valence-corrected chi connectivity index (χ1v) is 5.73. The maximum absolute atomic E-state index is 13.3. The molecule has 1 amide bonds. The molecule has 1 rings (SSSR count). The molecule has 0 aliphatic heterocycles. The van der Waals surface area contributed by atoms with E-state index < -0.39 is 24.2 Å². The zero-order chi connectivity index (χ0) is 14.6. The zero-order valence-corrected chi connectivity index (χ0v) is 11.0. The van der Waals surface area contributed by atoms with Crippen molar-refractivity contribution in [1.82, 2.24) is 4.90 Å². The maximum Gasteiger partial charge on any atom is 0.323 e. The van der Waals surface area contributed by atoms with Gasteiger partial charge in [-0.05, 0) is 32.0 Å². The number of methoxy groups -OCH3 is 1. The zero-order valence-electron chi connectivity index (χ0n) is 11.0. The van der Waals surface area contributed by atoms with E-state index in [0.717, 1.165) is 6.07 Å². The number of amides is 1. The van der Waals surface area contributed by atoms with Gasteiger partial charge in [-0.25, -0.2) is 4.39 Å². The third kappa shape index (κ3) is 3.67. The Balaban J connectivity index is 3.06. The van der Waals surface area contributed by atoms with Gasteiger partial charge in [-0.2, -0.15) is 0 Å². The molecular weight excluding hydrogens is 253 g/mol. The number of benzene rings is 1. The smallest absolute Gasteiger partial charge is 0.323 e. The van der Waals surface area contributed by atoms with Crippen LogP contribution in [-0.4, -0.2) is 41.6 Å². The highest BCUT2D eigenvalue weighted by atomic mass is 19.1. The summed E-state index contributed by atoms with van der Waals surface area (Å²) in [6.07, 6.45) is 0. The van der Waals surface area contributed by atoms with E-state index >= 15 is 0 Å². The highest BCUT2D eigenvalue weighted by molar-refractivity contribution is 5.96. The third-order valence-electron chi connectivity index (χ3n) is 2.59. The van der Waals surface area contributed by atoms with Crippen LogP contribution in [0.5, 0.6) is 5.75 Å². The number of hydrogen-bond donors (Lipinski definition) is 1. The van der Waals surface area contributed by atoms with Crippen molar-refractivity contribution >= 4 is 11.9 Å². The van der Waals surface area contributed by atoms with Gasteiger partial charge in [-0.1, -0.05) is 0 Å². The fourth-order valence-corrected chi connectivity index (χ4v) is 1.59. The SMILES string of the molecule is COc1cc(C(=O)N(CC(=O)O)C(C)C)ccc1F. The Kier molecular flexibility index (Phi) is 4.86. The minimum Gasteiger partial charge on any atom is -0.494 e. The molecule has 0 bridgehead atoms. The fourth-order valence-electron chi connectivity index (χ4n) is 1.59. The predicted molar refractivity (Wildman–Crippen MR) is 66.8 cm³/mol. The van der Waals surface area contributed by atoms with Crippen LogP contribution in [-0.2, 0) is 4.79 Å². The van der Waals surface area contributed by atoms with E-state index in [1.165, 1.54) is 24.1 Å². The monoisotopic (exact) mass is 269 g/mol. The van der Waals surface area contributed by atoms with Gasteiger partial charge in [-0.15, -0.1) is 0 Å². The van der Waals surface area contributed by atoms with Crippen molar-refractivity contribution in [2.45, 2.75) is 19.9 Å². The number of nitrogens with zero attached hydrogens (tertiary/aromatic N) is 1. The van der Waals surface area contributed by atoms with Crippen LogP contribution in [0.2, 0.25) is 0 Å². The van der Waals surface area contributed by atoms with Crippen molar-refractivity contribution in [3.8, 4) is 5.75 Å². The van der Waals surface area contributed by atoms with Crippen molar-refractivity contribution in [2.24, 2.45) is 0 Å². The Hall–Kier alpha value is -2.11. The molecule has 104 valence electrons. The van der Waals surface area contributed by atoms with Crippen LogP contribution in [0.25, 0.3) is 0 Å². The minimum atomic E-state index is -1.10. The molecule has 0 aromatic heterocycles. The summed E-state index contributed by atoms with van der Waals surface area (Å²) < 4.78 is 18.1. The fraction of sp³-hybridized carbons (Fsp3) is 0.385. The quantitative estimate of drug-likeness (QED) is 0.884. The van der Waals surface area contributed by atoms with Gasteiger partial charge < -0.3 is 14.7 Å². The lowest BCUT2D eigenvalue weighted by Crippen LogP contribution is -2.40. The van der Waals surface area contributed by atoms with Gasteiger partial charge >= 0.3 is 5.97 Å². The molecule has 1 aromatic carbocycles. The van der Waals surface area contributed by atoms with Gasteiger partial charge in [0.1, 0.15) is 6.54 Å². The highest BCUT2D eigenvalue weighted by Crippen LogP contribution is 2.19. The summed E-state index contributed by atoms with van der Waals surface area (Å²) in [4.78, 5) is 24.1. The van der Waals surface area contributed by atoms with E-state index in [2.05, 4.69) is 0 Å². The molecule has 0 spiro atoms. The number of rotatable bonds is 5. The number of hydrogen-bond acceptors (Lipinski definition) is 3. The molecule has 1 aromatic rings. The minimum absolute atomic E-state index is 0.0510. The van der Waals surface area contributed by atoms with Crippen LogP contribution < -0.4 is 4.74 Å². The molecular formula is C13H16FNO4. The van der Waals surface area contributed by atoms with Crippen molar-refractivity contribution in [2.75, 3.05) is 13.7 Å². The highest BCUT2D eigenvalue weighted by Gasteiger charge is 2.22. The molecule has 0 heterocycles. The molecule has 1 N–H and O–H groups in total. The molecule has 0 fully saturated rings. The molecule has 19 heavy (non-hydrogen) atoms. The number of ether oxygens (including phenoxy) is 1. The van der Waals surface area contributed by atoms with Crippen LogP contribution >= 0.6 is 0 Å². The number of carboxylic acids is 1. The van der Waals surface area contributed by atoms with Gasteiger partial charge in [0.15, 0.2) is 11.6 Å². The van der Waals surface area contributed by atoms with Gasteiger partial charge in [0.2, 0.25) is 0 Å². The molecule has 5 nitrogen and oxygen atoms in total. The second-order valence-electron chi connectivity index (χ2n) is 4.27. The van der Waals surface area contributed by atoms with E-state index in [-0.39, 0.29) is 17.4 Å². The Bertz CT molecular complexity index is 488. The molecule has 0 unspecified atom stereocenters. The lowest BCUT2D eigenvalue weighted by molar-refractivity contribution is -0.138. The second kappa shape index (κ2) is 6.17. The Morgan fingerprint density at radius 1 is 1.42 bits per heavy atom. The first kappa shape index (κ1) is 14.9. The van der Waals surface area contributed by atoms with Crippen molar-refractivity contribution < 1.29 is 23.8 Å². The standard InChI is InChI=1S/C13H16FNO4/c1-8(2)15(7-12(16)17)13(18)9-4-5-10(14)11(6-9)19-3/h4-6,8H,7H2,1-3H3,(H,16,17). The number of carbonyl (C=O) groups excluding carboxylic acids is 1. The largest absolute Gasteiger partial charge is 0.494 e. The van der Waals surface area contributed by atoms with Gasteiger partial charge in [0.25, 0.3) is 5.91 Å². The number of carboxylic acid groups (broad SMARTS) is 1. The summed E-state index contributed by atoms with van der Waals surface area (Å²) in [5.41, 5.74) is 0.188. The van der Waals surface area contributed by atoms with Crippen LogP contribution in [0.3, 0.4) is 0 Å². The Morgan fingerprint density at radius 3 is 2.53 bits per heavy atom. The Morgan fingerprint density at radius 2 is 2.05 bits per heavy atom. The molecule has 0 radical (unpaired) electrons. The van der Waals surface area contributed by atoms with E-state index in [1.54, 1.807) is 13.8 Å². The average molecular weight is 269 g/mol. The number of aliphatic carboxylic acids is 1. The maximum atomic E-state index is 13.3. The van der Waals surface area contributed by atoms with Gasteiger partial charge in [0.05, 0.1) is 7.11 Å². The molecule has 0 saturated carbocycles. The van der Waals surface area contributed by atoms with E-state index in [9.17, 15) is 14.0 Å². The summed E-state index contributed by atoms with van der Waals surface area (Å²) in [5.74, 6) is -2.20. The Labute approximate surface area is 110 Å². The van der Waals surface area contributed by atoms with Crippen molar-refractivity contribution in [3.05, 3.63) is 29.6 Å². The normalized spacial score (nSPS) is 10.4. The molecule has 0 atom stereocenters. The summed E-state index contributed by atoms with van der Waals surface area (Å²) in [5, 5.41) is 8.79. The van der Waals surface area contributed by atoms with Gasteiger partial charge in [0, 0.05) is 11.6 Å². The summed E-state index contributed by atoms with van der Waals surface area (Å²) >= 11 is 0. The lowest BCUT2D eigenvalue weighted by atomic mass is 10.1. The van der Waals surface area contributed by atoms with E-state index in [4.69, 9.17) is 9.84 Å². The van der Waals surface area contributed by atoms with Crippen molar-refractivity contribution in [3.63, 3.8) is 0 Å². The van der Waals surface area contributed by atoms with Crippen LogP contribution in [0.1, 0.15) is 24.2 Å². The average Bonchev–Trinajstić information content (AvgIpc) is 2.35. The second-order valence-corrected chi connectivity index (χ2v) is 4.27. The van der Waals surface area contributed by atoms with Crippen LogP contribution in [0.4, 0.5) is 4.39 Å². The van der Waals surface area contributed by atoms with E-state index in [1.807, 2.05) is 0 Å². The number of carbonyl (C=O) groups is 2. The van der Waals surface area contributed by atoms with Crippen molar-refractivity contribution in [1.29, 1.82) is 0 Å². The summed E-state index contributed by atoms with van der Waals surface area (Å²) in [7, 11) is 1.30. The third-order valence-corrected chi connectivity index (χ3v) is 2.59. The molecule has 6 heteroatoms. The first-order valence-electron chi connectivity index (χ1n) is 5.73.